The van der Waals surface area contributed by atoms with Crippen molar-refractivity contribution in [2.24, 2.45) is 0 Å². The van der Waals surface area contributed by atoms with Gasteiger partial charge in [-0.05, 0) is 6.92 Å². The summed E-state index contributed by atoms with van der Waals surface area (Å²) in [5, 5.41) is 0. The van der Waals surface area contributed by atoms with Crippen molar-refractivity contribution in [3.05, 3.63) is 0 Å². The van der Waals surface area contributed by atoms with Gasteiger partial charge in [0.05, 0.1) is 7.11 Å². The highest BCUT2D eigenvalue weighted by atomic mass is 33.0. The number of rotatable bonds is 3. The number of hydrogen-bond acceptors (Lipinski definition) is 2. The molecule has 0 aromatic heterocycles. The molecule has 0 amide bonds. The molecule has 0 aliphatic carbocycles. The summed E-state index contributed by atoms with van der Waals surface area (Å²) >= 11 is 4.41. The van der Waals surface area contributed by atoms with Gasteiger partial charge in [-0.3, -0.25) is 0 Å². The van der Waals surface area contributed by atoms with Crippen molar-refractivity contribution in [2.45, 2.75) is 6.92 Å². The van der Waals surface area contributed by atoms with Crippen LogP contribution in [0.15, 0.2) is 0 Å². The van der Waals surface area contributed by atoms with Gasteiger partial charge < -0.3 is 9.79 Å². The first-order valence-electron chi connectivity index (χ1n) is 2.34. The van der Waals surface area contributed by atoms with Crippen LogP contribution < -0.4 is 0 Å². The fourth-order valence-electron chi connectivity index (χ4n) is 0.383. The van der Waals surface area contributed by atoms with Crippen LogP contribution in [-0.4, -0.2) is 22.6 Å². The third-order valence-electron chi connectivity index (χ3n) is 0.705. The van der Waals surface area contributed by atoms with Gasteiger partial charge in [0.2, 0.25) is 10.8 Å². The van der Waals surface area contributed by atoms with Gasteiger partial charge in [0.15, 0.2) is 0 Å². The molecule has 1 atom stereocenters. The SMILES string of the molecule is CC[S+](OC)P(O)(O)=S. The molecule has 3 nitrogen and oxygen atoms in total. The standard InChI is InChI=1S/C3H9O3PS2/c1-3-9(6-2)7(4,5)8/h3H2,1-2H3,(H-,4,5,8)/p+1. The van der Waals surface area contributed by atoms with Gasteiger partial charge in [-0.2, -0.15) is 4.18 Å². The van der Waals surface area contributed by atoms with Crippen LogP contribution in [-0.2, 0) is 26.8 Å². The Balaban J connectivity index is 3.96. The molecule has 0 spiro atoms. The number of hydrogen-bond donors (Lipinski definition) is 2. The largest absolute Gasteiger partial charge is 0.428 e. The first-order chi connectivity index (χ1) is 4.02. The topological polar surface area (TPSA) is 49.7 Å². The normalized spacial score (nSPS) is 15.6. The molecular weight excluding hydrogens is 179 g/mol. The molecule has 6 heteroatoms. The average molecular weight is 189 g/mol. The molecule has 0 heterocycles. The van der Waals surface area contributed by atoms with Crippen LogP contribution in [0.2, 0.25) is 0 Å². The molecule has 0 aromatic carbocycles. The summed E-state index contributed by atoms with van der Waals surface area (Å²) in [6.45, 7) is 1.81. The molecule has 0 aliphatic rings. The van der Waals surface area contributed by atoms with Gasteiger partial charge in [0.25, 0.3) is 0 Å². The third-order valence-corrected chi connectivity index (χ3v) is 6.42. The molecule has 0 bridgehead atoms. The van der Waals surface area contributed by atoms with Crippen molar-refractivity contribution >= 4 is 28.3 Å². The van der Waals surface area contributed by atoms with Gasteiger partial charge in [-0.15, -0.1) is 0 Å². The summed E-state index contributed by atoms with van der Waals surface area (Å²) in [5.41, 5.74) is -3.14. The molecule has 1 unspecified atom stereocenters. The molecule has 0 fully saturated rings. The fourth-order valence-corrected chi connectivity index (χ4v) is 4.24. The van der Waals surface area contributed by atoms with Crippen molar-refractivity contribution in [1.29, 1.82) is 0 Å². The van der Waals surface area contributed by atoms with Gasteiger partial charge in [0, 0.05) is 11.8 Å². The maximum Gasteiger partial charge on any atom is 0.428 e. The van der Waals surface area contributed by atoms with Gasteiger partial charge in [-0.1, -0.05) is 0 Å². The van der Waals surface area contributed by atoms with Crippen molar-refractivity contribution in [2.75, 3.05) is 12.9 Å². The summed E-state index contributed by atoms with van der Waals surface area (Å²) in [4.78, 5) is 17.7. The minimum absolute atomic E-state index is 0.570. The van der Waals surface area contributed by atoms with Crippen LogP contribution in [0.25, 0.3) is 0 Å². The Hall–Kier alpha value is 0.880. The highest BCUT2D eigenvalue weighted by Crippen LogP contribution is 2.45. The lowest BCUT2D eigenvalue weighted by atomic mass is 11.0. The molecule has 0 rings (SSSR count). The Morgan fingerprint density at radius 3 is 2.11 bits per heavy atom. The highest BCUT2D eigenvalue weighted by Gasteiger charge is 2.34. The van der Waals surface area contributed by atoms with E-state index in [1.54, 1.807) is 6.92 Å². The van der Waals surface area contributed by atoms with Crippen LogP contribution >= 0.6 is 5.69 Å². The predicted molar refractivity (Wildman–Crippen MR) is 43.6 cm³/mol. The Kier molecular flexibility index (Phi) is 4.29. The quantitative estimate of drug-likeness (QED) is 0.498. The van der Waals surface area contributed by atoms with Crippen molar-refractivity contribution in [3.8, 4) is 0 Å². The first-order valence-corrected chi connectivity index (χ1v) is 6.97. The smallest absolute Gasteiger partial charge is 0.305 e. The lowest BCUT2D eigenvalue weighted by Gasteiger charge is -2.03. The summed E-state index contributed by atoms with van der Waals surface area (Å²) < 4.78 is 4.74. The summed E-state index contributed by atoms with van der Waals surface area (Å²) in [5.74, 6) is 0.570. The third kappa shape index (κ3) is 3.55. The maximum atomic E-state index is 8.85. The predicted octanol–water partition coefficient (Wildman–Crippen LogP) is 0.395. The zero-order chi connectivity index (χ0) is 7.49. The molecule has 0 aromatic rings. The van der Waals surface area contributed by atoms with Crippen LogP contribution in [0, 0.1) is 0 Å². The van der Waals surface area contributed by atoms with E-state index in [9.17, 15) is 0 Å². The monoisotopic (exact) mass is 189 g/mol. The molecule has 0 aliphatic heterocycles. The van der Waals surface area contributed by atoms with Crippen molar-refractivity contribution < 1.29 is 14.0 Å². The molecule has 9 heavy (non-hydrogen) atoms. The lowest BCUT2D eigenvalue weighted by Crippen LogP contribution is -2.06. The van der Waals surface area contributed by atoms with E-state index >= 15 is 0 Å². The average Bonchev–Trinajstić information content (AvgIpc) is 1.65. The molecule has 2 N–H and O–H groups in total. The van der Waals surface area contributed by atoms with Crippen LogP contribution in [0.4, 0.5) is 0 Å². The Bertz CT molecular complexity index is 118. The van der Waals surface area contributed by atoms with E-state index in [4.69, 9.17) is 14.0 Å². The molecule has 0 saturated heterocycles. The Labute approximate surface area is 62.5 Å². The van der Waals surface area contributed by atoms with E-state index in [2.05, 4.69) is 11.8 Å². The second-order valence-electron chi connectivity index (χ2n) is 1.27. The van der Waals surface area contributed by atoms with Crippen LogP contribution in [0.3, 0.4) is 0 Å². The molecule has 56 valence electrons. The van der Waals surface area contributed by atoms with E-state index in [-0.39, 0.29) is 0 Å². The van der Waals surface area contributed by atoms with E-state index in [1.165, 1.54) is 7.11 Å². The summed E-state index contributed by atoms with van der Waals surface area (Å²) in [7, 11) is 0.612. The molecule has 0 saturated carbocycles. The van der Waals surface area contributed by atoms with E-state index in [0.29, 0.717) is 5.75 Å². The molecule has 0 radical (unpaired) electrons. The fraction of sp³-hybridized carbons (Fsp3) is 1.00. The second kappa shape index (κ2) is 3.91. The van der Waals surface area contributed by atoms with Gasteiger partial charge in [-0.25, -0.2) is 0 Å². The Morgan fingerprint density at radius 1 is 1.67 bits per heavy atom. The zero-order valence-corrected chi connectivity index (χ0v) is 7.80. The van der Waals surface area contributed by atoms with E-state index in [0.717, 1.165) is 0 Å². The summed E-state index contributed by atoms with van der Waals surface area (Å²) in [6, 6.07) is 0. The lowest BCUT2D eigenvalue weighted by molar-refractivity contribution is 0.459. The van der Waals surface area contributed by atoms with Gasteiger partial charge >= 0.3 is 5.69 Å². The maximum absolute atomic E-state index is 8.85. The van der Waals surface area contributed by atoms with Crippen LogP contribution in [0.5, 0.6) is 0 Å². The van der Waals surface area contributed by atoms with Crippen molar-refractivity contribution in [1.82, 2.24) is 0 Å². The first kappa shape index (κ1) is 9.88. The van der Waals surface area contributed by atoms with Crippen LogP contribution in [0.1, 0.15) is 6.92 Å². The van der Waals surface area contributed by atoms with Gasteiger partial charge in [0.1, 0.15) is 5.75 Å². The Morgan fingerprint density at radius 2 is 2.11 bits per heavy atom. The second-order valence-corrected chi connectivity index (χ2v) is 8.77. The van der Waals surface area contributed by atoms with Crippen molar-refractivity contribution in [3.63, 3.8) is 0 Å². The van der Waals surface area contributed by atoms with E-state index in [1.807, 2.05) is 0 Å². The minimum Gasteiger partial charge on any atom is -0.305 e. The summed E-state index contributed by atoms with van der Waals surface area (Å²) in [6.07, 6.45) is 0. The molecular formula is C3H10O3PS2+. The minimum atomic E-state index is -3.14. The zero-order valence-electron chi connectivity index (χ0n) is 5.27. The highest BCUT2D eigenvalue weighted by molar-refractivity contribution is 8.63. The van der Waals surface area contributed by atoms with E-state index < -0.39 is 16.5 Å².